The van der Waals surface area contributed by atoms with Crippen molar-refractivity contribution in [1.82, 2.24) is 4.98 Å². The number of ether oxygens (including phenoxy) is 1. The topological polar surface area (TPSA) is 65.2 Å². The molecule has 0 bridgehead atoms. The second-order valence-corrected chi connectivity index (χ2v) is 3.14. The summed E-state index contributed by atoms with van der Waals surface area (Å²) in [5.41, 5.74) is 4.90. The number of aryl methyl sites for hydroxylation is 1. The van der Waals surface area contributed by atoms with Gasteiger partial charge in [-0.1, -0.05) is 0 Å². The van der Waals surface area contributed by atoms with Crippen molar-refractivity contribution in [2.24, 2.45) is 0 Å². The van der Waals surface area contributed by atoms with Crippen molar-refractivity contribution in [3.63, 3.8) is 0 Å². The van der Waals surface area contributed by atoms with E-state index in [0.29, 0.717) is 5.56 Å². The number of anilines is 1. The van der Waals surface area contributed by atoms with Crippen LogP contribution in [-0.2, 0) is 4.74 Å². The Labute approximate surface area is 91.4 Å². The number of carbonyl (C=O) groups excluding carboxylic acids is 1. The quantitative estimate of drug-likeness (QED) is 0.807. The third kappa shape index (κ3) is 2.26. The van der Waals surface area contributed by atoms with Gasteiger partial charge in [-0.3, -0.25) is 0 Å². The summed E-state index contributed by atoms with van der Waals surface area (Å²) >= 11 is 0. The van der Waals surface area contributed by atoms with Gasteiger partial charge in [-0.15, -0.1) is 0 Å². The molecule has 0 spiro atoms. The lowest BCUT2D eigenvalue weighted by Crippen LogP contribution is -2.13. The molecule has 1 heterocycles. The van der Waals surface area contributed by atoms with Crippen LogP contribution >= 0.6 is 0 Å². The molecule has 1 rings (SSSR count). The molecule has 16 heavy (non-hydrogen) atoms. The van der Waals surface area contributed by atoms with Crippen molar-refractivity contribution >= 4 is 11.8 Å². The van der Waals surface area contributed by atoms with Gasteiger partial charge >= 0.3 is 5.97 Å². The molecule has 2 N–H and O–H groups in total. The average molecular weight is 230 g/mol. The Morgan fingerprint density at radius 3 is 2.75 bits per heavy atom. The Bertz CT molecular complexity index is 408. The van der Waals surface area contributed by atoms with Crippen molar-refractivity contribution in [3.05, 3.63) is 22.9 Å². The zero-order valence-electron chi connectivity index (χ0n) is 8.96. The number of esters is 1. The molecule has 0 amide bonds. The Kier molecular flexibility index (Phi) is 3.76. The van der Waals surface area contributed by atoms with E-state index < -0.39 is 18.0 Å². The maximum absolute atomic E-state index is 12.7. The van der Waals surface area contributed by atoms with Crippen LogP contribution in [0.5, 0.6) is 0 Å². The van der Waals surface area contributed by atoms with Gasteiger partial charge in [-0.25, -0.2) is 18.6 Å². The summed E-state index contributed by atoms with van der Waals surface area (Å²) in [6.07, 6.45) is -1.58. The third-order valence-electron chi connectivity index (χ3n) is 2.03. The van der Waals surface area contributed by atoms with Gasteiger partial charge in [0.25, 0.3) is 6.43 Å². The number of nitrogens with zero attached hydrogens (tertiary/aromatic N) is 1. The van der Waals surface area contributed by atoms with Gasteiger partial charge in [-0.05, 0) is 19.4 Å². The fourth-order valence-electron chi connectivity index (χ4n) is 1.34. The van der Waals surface area contributed by atoms with E-state index in [9.17, 15) is 13.6 Å². The first-order chi connectivity index (χ1) is 7.49. The first-order valence-electron chi connectivity index (χ1n) is 4.69. The third-order valence-corrected chi connectivity index (χ3v) is 2.03. The molecular weight excluding hydrogens is 218 g/mol. The van der Waals surface area contributed by atoms with E-state index in [1.807, 2.05) is 0 Å². The minimum atomic E-state index is -2.85. The zero-order valence-corrected chi connectivity index (χ0v) is 8.96. The molecular formula is C10H12F2N2O2. The standard InChI is InChI=1S/C10H12F2N2O2/c1-3-16-10(15)6-5(2)4-14-9(13)7(6)8(11)12/h4,8H,3H2,1-2H3,(H2,13,14). The highest BCUT2D eigenvalue weighted by Crippen LogP contribution is 2.29. The largest absolute Gasteiger partial charge is 0.462 e. The van der Waals surface area contributed by atoms with Gasteiger partial charge < -0.3 is 10.5 Å². The number of nitrogens with two attached hydrogens (primary N) is 1. The Morgan fingerprint density at radius 1 is 1.62 bits per heavy atom. The van der Waals surface area contributed by atoms with Gasteiger partial charge in [-0.2, -0.15) is 0 Å². The van der Waals surface area contributed by atoms with Crippen molar-refractivity contribution in [3.8, 4) is 0 Å². The van der Waals surface area contributed by atoms with Crippen molar-refractivity contribution in [2.75, 3.05) is 12.3 Å². The fraction of sp³-hybridized carbons (Fsp3) is 0.400. The number of pyridine rings is 1. The van der Waals surface area contributed by atoms with E-state index in [0.717, 1.165) is 0 Å². The smallest absolute Gasteiger partial charge is 0.339 e. The Balaban J connectivity index is 3.34. The zero-order chi connectivity index (χ0) is 12.3. The van der Waals surface area contributed by atoms with Crippen molar-refractivity contribution in [2.45, 2.75) is 20.3 Å². The number of halogens is 2. The van der Waals surface area contributed by atoms with Crippen molar-refractivity contribution < 1.29 is 18.3 Å². The molecule has 4 nitrogen and oxygen atoms in total. The molecule has 0 saturated heterocycles. The van der Waals surface area contributed by atoms with Gasteiger partial charge in [0.05, 0.1) is 17.7 Å². The molecule has 88 valence electrons. The van der Waals surface area contributed by atoms with Crippen molar-refractivity contribution in [1.29, 1.82) is 0 Å². The van der Waals surface area contributed by atoms with Gasteiger partial charge in [0.15, 0.2) is 0 Å². The number of alkyl halides is 2. The highest BCUT2D eigenvalue weighted by Gasteiger charge is 2.25. The van der Waals surface area contributed by atoms with E-state index in [2.05, 4.69) is 4.98 Å². The molecule has 0 aliphatic carbocycles. The highest BCUT2D eigenvalue weighted by atomic mass is 19.3. The first-order valence-corrected chi connectivity index (χ1v) is 4.69. The molecule has 0 radical (unpaired) electrons. The predicted molar refractivity (Wildman–Crippen MR) is 54.3 cm³/mol. The maximum atomic E-state index is 12.7. The summed E-state index contributed by atoms with van der Waals surface area (Å²) in [6.45, 7) is 3.22. The number of hydrogen-bond acceptors (Lipinski definition) is 4. The number of rotatable bonds is 3. The monoisotopic (exact) mass is 230 g/mol. The minimum absolute atomic E-state index is 0.114. The maximum Gasteiger partial charge on any atom is 0.339 e. The SMILES string of the molecule is CCOC(=O)c1c(C)cnc(N)c1C(F)F. The van der Waals surface area contributed by atoms with Crippen LogP contribution in [0.2, 0.25) is 0 Å². The lowest BCUT2D eigenvalue weighted by molar-refractivity contribution is 0.0514. The lowest BCUT2D eigenvalue weighted by atomic mass is 10.0. The van der Waals surface area contributed by atoms with Crippen LogP contribution < -0.4 is 5.73 Å². The first kappa shape index (κ1) is 12.4. The average Bonchev–Trinajstić information content (AvgIpc) is 2.20. The fourth-order valence-corrected chi connectivity index (χ4v) is 1.34. The Hall–Kier alpha value is -1.72. The molecule has 0 fully saturated rings. The van der Waals surface area contributed by atoms with Crippen LogP contribution in [0.4, 0.5) is 14.6 Å². The van der Waals surface area contributed by atoms with Crippen LogP contribution in [0.1, 0.15) is 34.8 Å². The van der Waals surface area contributed by atoms with Crippen LogP contribution in [0.3, 0.4) is 0 Å². The molecule has 6 heteroatoms. The van der Waals surface area contributed by atoms with Crippen LogP contribution in [0.15, 0.2) is 6.20 Å². The van der Waals surface area contributed by atoms with E-state index in [-0.39, 0.29) is 18.0 Å². The summed E-state index contributed by atoms with van der Waals surface area (Å²) in [4.78, 5) is 15.1. The summed E-state index contributed by atoms with van der Waals surface area (Å²) in [6, 6.07) is 0. The number of carbonyl (C=O) groups is 1. The molecule has 0 unspecified atom stereocenters. The predicted octanol–water partition coefficient (Wildman–Crippen LogP) is 2.09. The second kappa shape index (κ2) is 4.87. The molecule has 0 aliphatic rings. The van der Waals surface area contributed by atoms with E-state index in [1.54, 1.807) is 6.92 Å². The van der Waals surface area contributed by atoms with Gasteiger partial charge in [0.2, 0.25) is 0 Å². The van der Waals surface area contributed by atoms with Crippen LogP contribution in [-0.4, -0.2) is 17.6 Å². The van der Waals surface area contributed by atoms with Crippen LogP contribution in [0.25, 0.3) is 0 Å². The van der Waals surface area contributed by atoms with Crippen LogP contribution in [0, 0.1) is 6.92 Å². The highest BCUT2D eigenvalue weighted by molar-refractivity contribution is 5.94. The molecule has 0 atom stereocenters. The lowest BCUT2D eigenvalue weighted by Gasteiger charge is -2.12. The second-order valence-electron chi connectivity index (χ2n) is 3.14. The summed E-state index contributed by atoms with van der Waals surface area (Å²) in [5.74, 6) is -1.15. The molecule has 0 aliphatic heterocycles. The molecule has 0 saturated carbocycles. The number of nitrogen functional groups attached to an aromatic ring is 1. The minimum Gasteiger partial charge on any atom is -0.462 e. The van der Waals surface area contributed by atoms with Gasteiger partial charge in [0.1, 0.15) is 5.82 Å². The molecule has 1 aromatic rings. The summed E-state index contributed by atoms with van der Waals surface area (Å²) in [7, 11) is 0. The summed E-state index contributed by atoms with van der Waals surface area (Å²) < 4.78 is 30.2. The Morgan fingerprint density at radius 2 is 2.25 bits per heavy atom. The summed E-state index contributed by atoms with van der Waals surface area (Å²) in [5, 5.41) is 0. The van der Waals surface area contributed by atoms with E-state index >= 15 is 0 Å². The van der Waals surface area contributed by atoms with E-state index in [4.69, 9.17) is 10.5 Å². The number of aromatic nitrogens is 1. The van der Waals surface area contributed by atoms with E-state index in [1.165, 1.54) is 13.1 Å². The molecule has 1 aromatic heterocycles. The van der Waals surface area contributed by atoms with Gasteiger partial charge in [0, 0.05) is 6.20 Å². The molecule has 0 aromatic carbocycles. The number of hydrogen-bond donors (Lipinski definition) is 1. The normalized spacial score (nSPS) is 10.6.